The van der Waals surface area contributed by atoms with Crippen molar-refractivity contribution < 1.29 is 13.2 Å². The molecule has 0 atom stereocenters. The van der Waals surface area contributed by atoms with Gasteiger partial charge in [0.2, 0.25) is 0 Å². The summed E-state index contributed by atoms with van der Waals surface area (Å²) in [7, 11) is -0.0397. The summed E-state index contributed by atoms with van der Waals surface area (Å²) in [6.45, 7) is 0.273. The third kappa shape index (κ3) is 4.16. The molecule has 0 heterocycles. The number of hydrogen-bond donors (Lipinski definition) is 1. The van der Waals surface area contributed by atoms with Crippen molar-refractivity contribution in [2.24, 2.45) is 0 Å². The van der Waals surface area contributed by atoms with Crippen molar-refractivity contribution in [3.63, 3.8) is 0 Å². The lowest BCUT2D eigenvalue weighted by molar-refractivity contribution is 0.0958. The number of anilines is 1. The van der Waals surface area contributed by atoms with Crippen LogP contribution in [0.3, 0.4) is 0 Å². The summed E-state index contributed by atoms with van der Waals surface area (Å²) in [5.41, 5.74) is 0.843. The molecule has 2 aromatic rings. The maximum atomic E-state index is 12.3. The number of benzene rings is 2. The minimum atomic E-state index is -3.65. The molecule has 0 aliphatic rings. The molecule has 2 aromatic carbocycles. The fourth-order valence-corrected chi connectivity index (χ4v) is 3.02. The number of ketones is 1. The van der Waals surface area contributed by atoms with Gasteiger partial charge < -0.3 is 4.90 Å². The third-order valence-electron chi connectivity index (χ3n) is 2.95. The van der Waals surface area contributed by atoms with Gasteiger partial charge in [0.15, 0.2) is 5.78 Å². The number of rotatable bonds is 6. The molecule has 116 valence electrons. The number of likely N-dealkylation sites (N-methyl/N-ethyl adjacent to an activating group) is 1. The Morgan fingerprint density at radius 1 is 1.05 bits per heavy atom. The average molecular weight is 318 g/mol. The zero-order valence-electron chi connectivity index (χ0n) is 12.5. The summed E-state index contributed by atoms with van der Waals surface area (Å²) >= 11 is 0. The van der Waals surface area contributed by atoms with Gasteiger partial charge in [-0.2, -0.15) is 0 Å². The van der Waals surface area contributed by atoms with Crippen LogP contribution in [-0.4, -0.2) is 39.7 Å². The molecule has 5 nitrogen and oxygen atoms in total. The molecule has 0 fully saturated rings. The van der Waals surface area contributed by atoms with Crippen LogP contribution < -0.4 is 4.72 Å². The van der Waals surface area contributed by atoms with Crippen LogP contribution in [-0.2, 0) is 10.0 Å². The summed E-state index contributed by atoms with van der Waals surface area (Å²) in [5, 5.41) is 0. The highest BCUT2D eigenvalue weighted by molar-refractivity contribution is 7.92. The van der Waals surface area contributed by atoms with Crippen molar-refractivity contribution in [3.8, 4) is 0 Å². The van der Waals surface area contributed by atoms with Gasteiger partial charge in [0.1, 0.15) is 0 Å². The number of hydrogen-bond acceptors (Lipinski definition) is 4. The zero-order valence-corrected chi connectivity index (χ0v) is 13.3. The molecule has 0 saturated carbocycles. The van der Waals surface area contributed by atoms with Crippen molar-refractivity contribution in [2.45, 2.75) is 4.90 Å². The van der Waals surface area contributed by atoms with Gasteiger partial charge in [-0.15, -0.1) is 0 Å². The van der Waals surface area contributed by atoms with Crippen LogP contribution in [0.5, 0.6) is 0 Å². The Morgan fingerprint density at radius 3 is 2.36 bits per heavy atom. The molecule has 0 spiro atoms. The van der Waals surface area contributed by atoms with E-state index >= 15 is 0 Å². The largest absolute Gasteiger partial charge is 0.302 e. The molecule has 0 aliphatic carbocycles. The van der Waals surface area contributed by atoms with E-state index in [1.54, 1.807) is 61.5 Å². The number of carbonyl (C=O) groups is 1. The number of nitrogens with one attached hydrogen (secondary N) is 1. The maximum Gasteiger partial charge on any atom is 0.261 e. The molecule has 0 saturated heterocycles. The fraction of sp³-hybridized carbons (Fsp3) is 0.188. The fourth-order valence-electron chi connectivity index (χ4n) is 1.95. The number of sulfonamides is 1. The molecule has 0 aromatic heterocycles. The Labute approximate surface area is 130 Å². The van der Waals surface area contributed by atoms with Gasteiger partial charge in [0.05, 0.1) is 11.4 Å². The summed E-state index contributed by atoms with van der Waals surface area (Å²) in [4.78, 5) is 14.0. The molecule has 6 heteroatoms. The summed E-state index contributed by atoms with van der Waals surface area (Å²) in [5.74, 6) is -0.0641. The van der Waals surface area contributed by atoms with Crippen LogP contribution in [0.4, 0.5) is 5.69 Å². The van der Waals surface area contributed by atoms with Gasteiger partial charge in [0.25, 0.3) is 10.0 Å². The van der Waals surface area contributed by atoms with Crippen LogP contribution in [0.2, 0.25) is 0 Å². The highest BCUT2D eigenvalue weighted by Crippen LogP contribution is 2.17. The SMILES string of the molecule is CN(C)CC(=O)c1cccc(NS(=O)(=O)c2ccccc2)c1. The van der Waals surface area contributed by atoms with Gasteiger partial charge in [-0.3, -0.25) is 9.52 Å². The Morgan fingerprint density at radius 2 is 1.73 bits per heavy atom. The first-order chi connectivity index (χ1) is 10.4. The van der Waals surface area contributed by atoms with E-state index in [9.17, 15) is 13.2 Å². The van der Waals surface area contributed by atoms with E-state index in [-0.39, 0.29) is 17.2 Å². The summed E-state index contributed by atoms with van der Waals surface area (Å²) < 4.78 is 27.0. The minimum Gasteiger partial charge on any atom is -0.302 e. The lowest BCUT2D eigenvalue weighted by Crippen LogP contribution is -2.21. The van der Waals surface area contributed by atoms with Gasteiger partial charge in [-0.1, -0.05) is 30.3 Å². The normalized spacial score (nSPS) is 11.4. The van der Waals surface area contributed by atoms with Crippen LogP contribution in [0, 0.1) is 0 Å². The Balaban J connectivity index is 2.22. The second-order valence-electron chi connectivity index (χ2n) is 5.16. The van der Waals surface area contributed by atoms with Crippen LogP contribution in [0.1, 0.15) is 10.4 Å². The number of Topliss-reactive ketones (excluding diaryl/α,β-unsaturated/α-hetero) is 1. The van der Waals surface area contributed by atoms with Crippen LogP contribution in [0.25, 0.3) is 0 Å². The Hall–Kier alpha value is -2.18. The van der Waals surface area contributed by atoms with E-state index < -0.39 is 10.0 Å². The molecule has 2 rings (SSSR count). The molecule has 22 heavy (non-hydrogen) atoms. The first kappa shape index (κ1) is 16.2. The number of carbonyl (C=O) groups excluding carboxylic acids is 1. The monoisotopic (exact) mass is 318 g/mol. The lowest BCUT2D eigenvalue weighted by atomic mass is 10.1. The van der Waals surface area contributed by atoms with E-state index in [1.807, 2.05) is 0 Å². The van der Waals surface area contributed by atoms with Gasteiger partial charge in [0, 0.05) is 11.3 Å². The molecular formula is C16H18N2O3S. The molecular weight excluding hydrogens is 300 g/mol. The highest BCUT2D eigenvalue weighted by atomic mass is 32.2. The quantitative estimate of drug-likeness (QED) is 0.830. The predicted octanol–water partition coefficient (Wildman–Crippen LogP) is 2.23. The average Bonchev–Trinajstić information content (AvgIpc) is 2.47. The molecule has 0 bridgehead atoms. The topological polar surface area (TPSA) is 66.5 Å². The minimum absolute atomic E-state index is 0.0641. The van der Waals surface area contributed by atoms with Crippen LogP contribution >= 0.6 is 0 Å². The highest BCUT2D eigenvalue weighted by Gasteiger charge is 2.14. The van der Waals surface area contributed by atoms with Gasteiger partial charge in [-0.05, 0) is 38.4 Å². The molecule has 0 amide bonds. The van der Waals surface area contributed by atoms with Crippen molar-refractivity contribution in [2.75, 3.05) is 25.4 Å². The first-order valence-corrected chi connectivity index (χ1v) is 8.23. The van der Waals surface area contributed by atoms with E-state index in [4.69, 9.17) is 0 Å². The molecule has 0 radical (unpaired) electrons. The standard InChI is InChI=1S/C16H18N2O3S/c1-18(2)12-16(19)13-7-6-8-14(11-13)17-22(20,21)15-9-4-3-5-10-15/h3-11,17H,12H2,1-2H3. The molecule has 0 aliphatic heterocycles. The van der Waals surface area contributed by atoms with Crippen molar-refractivity contribution in [1.82, 2.24) is 4.90 Å². The molecule has 1 N–H and O–H groups in total. The summed E-state index contributed by atoms with van der Waals surface area (Å²) in [6, 6.07) is 14.6. The smallest absolute Gasteiger partial charge is 0.261 e. The maximum absolute atomic E-state index is 12.3. The second kappa shape index (κ2) is 6.72. The molecule has 0 unspecified atom stereocenters. The number of nitrogens with zero attached hydrogens (tertiary/aromatic N) is 1. The van der Waals surface area contributed by atoms with Crippen molar-refractivity contribution in [3.05, 3.63) is 60.2 Å². The summed E-state index contributed by atoms with van der Waals surface area (Å²) in [6.07, 6.45) is 0. The lowest BCUT2D eigenvalue weighted by Gasteiger charge is -2.11. The van der Waals surface area contributed by atoms with Gasteiger partial charge >= 0.3 is 0 Å². The van der Waals surface area contributed by atoms with Crippen LogP contribution in [0.15, 0.2) is 59.5 Å². The predicted molar refractivity (Wildman–Crippen MR) is 86.6 cm³/mol. The van der Waals surface area contributed by atoms with E-state index in [1.165, 1.54) is 12.1 Å². The van der Waals surface area contributed by atoms with E-state index in [0.29, 0.717) is 11.3 Å². The van der Waals surface area contributed by atoms with E-state index in [2.05, 4.69) is 4.72 Å². The first-order valence-electron chi connectivity index (χ1n) is 6.74. The van der Waals surface area contributed by atoms with Gasteiger partial charge in [-0.25, -0.2) is 8.42 Å². The van der Waals surface area contributed by atoms with E-state index in [0.717, 1.165) is 0 Å². The van der Waals surface area contributed by atoms with Crippen molar-refractivity contribution in [1.29, 1.82) is 0 Å². The third-order valence-corrected chi connectivity index (χ3v) is 4.35. The zero-order chi connectivity index (χ0) is 16.2. The Kier molecular flexibility index (Phi) is 4.95. The second-order valence-corrected chi connectivity index (χ2v) is 6.84. The Bertz CT molecular complexity index is 756. The van der Waals surface area contributed by atoms with Crippen molar-refractivity contribution >= 4 is 21.5 Å².